The zero-order valence-corrected chi connectivity index (χ0v) is 13.3. The summed E-state index contributed by atoms with van der Waals surface area (Å²) in [5.74, 6) is 0.673. The van der Waals surface area contributed by atoms with E-state index in [0.29, 0.717) is 16.5 Å². The van der Waals surface area contributed by atoms with Crippen LogP contribution in [0.3, 0.4) is 0 Å². The molecule has 3 aromatic rings. The van der Waals surface area contributed by atoms with Crippen molar-refractivity contribution >= 4 is 17.3 Å². The average molecular weight is 340 g/mol. The highest BCUT2D eigenvalue weighted by molar-refractivity contribution is 6.30. The molecule has 120 valence electrons. The molecule has 1 aromatic heterocycles. The molecule has 2 atom stereocenters. The van der Waals surface area contributed by atoms with Gasteiger partial charge in [-0.3, -0.25) is 0 Å². The summed E-state index contributed by atoms with van der Waals surface area (Å²) >= 11 is 6.15. The number of para-hydroxylation sites is 1. The van der Waals surface area contributed by atoms with Crippen LogP contribution in [0.15, 0.2) is 72.4 Å². The van der Waals surface area contributed by atoms with E-state index in [2.05, 4.69) is 10.1 Å². The Labute approximate surface area is 143 Å². The first-order valence-corrected chi connectivity index (χ1v) is 7.86. The predicted octanol–water partition coefficient (Wildman–Crippen LogP) is 4.09. The summed E-state index contributed by atoms with van der Waals surface area (Å²) in [4.78, 5) is 4.11. The molecular formula is C18H14ClN3O2. The molecule has 4 rings (SSSR count). The van der Waals surface area contributed by atoms with E-state index in [1.54, 1.807) is 12.5 Å². The van der Waals surface area contributed by atoms with Crippen LogP contribution in [0.1, 0.15) is 23.3 Å². The minimum absolute atomic E-state index is 0.356. The SMILES string of the molecule is O/N=C1/c2ccccc2OC(c2cccc(Cl)c2)C1n1ccnc1. The Balaban J connectivity index is 1.91. The number of imidazole rings is 1. The molecule has 2 heterocycles. The summed E-state index contributed by atoms with van der Waals surface area (Å²) in [5.41, 5.74) is 2.19. The highest BCUT2D eigenvalue weighted by Crippen LogP contribution is 2.41. The van der Waals surface area contributed by atoms with Crippen LogP contribution >= 0.6 is 11.6 Å². The van der Waals surface area contributed by atoms with Gasteiger partial charge in [-0.05, 0) is 29.8 Å². The van der Waals surface area contributed by atoms with Gasteiger partial charge in [0.25, 0.3) is 0 Å². The molecule has 24 heavy (non-hydrogen) atoms. The number of oxime groups is 1. The molecule has 1 aliphatic heterocycles. The quantitative estimate of drug-likeness (QED) is 0.565. The molecule has 1 aliphatic rings. The standard InChI is InChI=1S/C18H14ClN3O2/c19-13-5-3-4-12(10-13)18-17(22-9-8-20-11-22)16(21-23)14-6-1-2-7-15(14)24-18/h1-11,17-18,23H/b21-16-. The topological polar surface area (TPSA) is 59.6 Å². The molecule has 1 N–H and O–H groups in total. The summed E-state index contributed by atoms with van der Waals surface area (Å²) in [6.45, 7) is 0. The maximum atomic E-state index is 9.70. The van der Waals surface area contributed by atoms with E-state index in [1.165, 1.54) is 0 Å². The molecule has 5 nitrogen and oxygen atoms in total. The third kappa shape index (κ3) is 2.43. The summed E-state index contributed by atoms with van der Waals surface area (Å²) in [5, 5.41) is 13.9. The second-order valence-electron chi connectivity index (χ2n) is 5.53. The van der Waals surface area contributed by atoms with Gasteiger partial charge in [-0.2, -0.15) is 0 Å². The number of fused-ring (bicyclic) bond motifs is 1. The normalized spacial score (nSPS) is 21.3. The predicted molar refractivity (Wildman–Crippen MR) is 90.9 cm³/mol. The fraction of sp³-hybridized carbons (Fsp3) is 0.111. The van der Waals surface area contributed by atoms with Gasteiger partial charge in [0.15, 0.2) is 6.10 Å². The van der Waals surface area contributed by atoms with E-state index in [0.717, 1.165) is 11.1 Å². The van der Waals surface area contributed by atoms with Crippen LogP contribution in [-0.2, 0) is 0 Å². The lowest BCUT2D eigenvalue weighted by atomic mass is 9.90. The Hall–Kier alpha value is -2.79. The van der Waals surface area contributed by atoms with Gasteiger partial charge in [0.2, 0.25) is 0 Å². The molecule has 0 radical (unpaired) electrons. The lowest BCUT2D eigenvalue weighted by Gasteiger charge is -2.35. The number of hydrogen-bond donors (Lipinski definition) is 1. The van der Waals surface area contributed by atoms with E-state index < -0.39 is 6.10 Å². The van der Waals surface area contributed by atoms with E-state index in [9.17, 15) is 5.21 Å². The largest absolute Gasteiger partial charge is 0.482 e. The number of aromatic nitrogens is 2. The van der Waals surface area contributed by atoms with Crippen LogP contribution in [-0.4, -0.2) is 20.5 Å². The minimum Gasteiger partial charge on any atom is -0.482 e. The third-order valence-corrected chi connectivity index (χ3v) is 4.35. The summed E-state index contributed by atoms with van der Waals surface area (Å²) in [7, 11) is 0. The lowest BCUT2D eigenvalue weighted by molar-refractivity contribution is 0.157. The Bertz CT molecular complexity index is 893. The summed E-state index contributed by atoms with van der Waals surface area (Å²) in [6, 6.07) is 14.7. The number of hydrogen-bond acceptors (Lipinski definition) is 4. The molecule has 0 aliphatic carbocycles. The Kier molecular flexibility index (Phi) is 3.70. The van der Waals surface area contributed by atoms with Crippen molar-refractivity contribution in [2.45, 2.75) is 12.1 Å². The zero-order chi connectivity index (χ0) is 16.5. The van der Waals surface area contributed by atoms with Crippen molar-refractivity contribution in [1.82, 2.24) is 9.55 Å². The highest BCUT2D eigenvalue weighted by Gasteiger charge is 2.38. The van der Waals surface area contributed by atoms with Gasteiger partial charge in [-0.25, -0.2) is 4.98 Å². The lowest BCUT2D eigenvalue weighted by Crippen LogP contribution is -2.34. The zero-order valence-electron chi connectivity index (χ0n) is 12.6. The van der Waals surface area contributed by atoms with Crippen molar-refractivity contribution in [2.75, 3.05) is 0 Å². The number of ether oxygens (including phenoxy) is 1. The molecule has 0 fully saturated rings. The molecule has 0 saturated heterocycles. The summed E-state index contributed by atoms with van der Waals surface area (Å²) in [6.07, 6.45) is 4.80. The van der Waals surface area contributed by atoms with Crippen LogP contribution in [0.5, 0.6) is 5.75 Å². The van der Waals surface area contributed by atoms with E-state index in [-0.39, 0.29) is 6.04 Å². The molecule has 2 aromatic carbocycles. The van der Waals surface area contributed by atoms with Gasteiger partial charge in [0, 0.05) is 23.0 Å². The number of nitrogens with zero attached hydrogens (tertiary/aromatic N) is 3. The number of halogens is 1. The van der Waals surface area contributed by atoms with Crippen molar-refractivity contribution in [3.8, 4) is 5.75 Å². The van der Waals surface area contributed by atoms with Crippen LogP contribution < -0.4 is 4.74 Å². The van der Waals surface area contributed by atoms with Crippen LogP contribution in [0.25, 0.3) is 0 Å². The van der Waals surface area contributed by atoms with Crippen molar-refractivity contribution in [2.24, 2.45) is 5.16 Å². The van der Waals surface area contributed by atoms with E-state index in [1.807, 2.05) is 59.3 Å². The number of benzene rings is 2. The second kappa shape index (κ2) is 6.02. The molecular weight excluding hydrogens is 326 g/mol. The van der Waals surface area contributed by atoms with Gasteiger partial charge >= 0.3 is 0 Å². The maximum Gasteiger partial charge on any atom is 0.150 e. The van der Waals surface area contributed by atoms with Crippen molar-refractivity contribution in [3.63, 3.8) is 0 Å². The maximum absolute atomic E-state index is 9.70. The Morgan fingerprint density at radius 2 is 2.04 bits per heavy atom. The highest BCUT2D eigenvalue weighted by atomic mass is 35.5. The van der Waals surface area contributed by atoms with Gasteiger partial charge in [0.1, 0.15) is 17.5 Å². The van der Waals surface area contributed by atoms with Crippen LogP contribution in [0, 0.1) is 0 Å². The smallest absolute Gasteiger partial charge is 0.150 e. The Morgan fingerprint density at radius 1 is 1.17 bits per heavy atom. The van der Waals surface area contributed by atoms with Crippen molar-refractivity contribution in [1.29, 1.82) is 0 Å². The molecule has 2 unspecified atom stereocenters. The van der Waals surface area contributed by atoms with Gasteiger partial charge in [-0.1, -0.05) is 41.0 Å². The van der Waals surface area contributed by atoms with Gasteiger partial charge in [-0.15, -0.1) is 0 Å². The second-order valence-corrected chi connectivity index (χ2v) is 5.97. The monoisotopic (exact) mass is 339 g/mol. The number of rotatable bonds is 2. The molecule has 0 saturated carbocycles. The van der Waals surface area contributed by atoms with Crippen LogP contribution in [0.4, 0.5) is 0 Å². The van der Waals surface area contributed by atoms with Gasteiger partial charge in [0.05, 0.1) is 6.33 Å². The molecule has 0 bridgehead atoms. The summed E-state index contributed by atoms with van der Waals surface area (Å²) < 4.78 is 8.11. The first kappa shape index (κ1) is 14.8. The molecule has 6 heteroatoms. The fourth-order valence-electron chi connectivity index (χ4n) is 3.06. The van der Waals surface area contributed by atoms with E-state index >= 15 is 0 Å². The molecule has 0 spiro atoms. The van der Waals surface area contributed by atoms with Crippen molar-refractivity contribution in [3.05, 3.63) is 83.4 Å². The van der Waals surface area contributed by atoms with Crippen LogP contribution in [0.2, 0.25) is 5.02 Å². The molecule has 0 amide bonds. The fourth-order valence-corrected chi connectivity index (χ4v) is 3.26. The third-order valence-electron chi connectivity index (χ3n) is 4.11. The van der Waals surface area contributed by atoms with Gasteiger partial charge < -0.3 is 14.5 Å². The average Bonchev–Trinajstić information content (AvgIpc) is 3.14. The first-order valence-electron chi connectivity index (χ1n) is 7.49. The first-order chi connectivity index (χ1) is 11.8. The Morgan fingerprint density at radius 3 is 2.79 bits per heavy atom. The minimum atomic E-state index is -0.390. The van der Waals surface area contributed by atoms with E-state index in [4.69, 9.17) is 16.3 Å². The van der Waals surface area contributed by atoms with Crippen molar-refractivity contribution < 1.29 is 9.94 Å².